The number of nitrogens with zero attached hydrogens (tertiary/aromatic N) is 1. The minimum absolute atomic E-state index is 0.0845. The Morgan fingerprint density at radius 3 is 2.45 bits per heavy atom. The van der Waals surface area contributed by atoms with Crippen LogP contribution in [-0.2, 0) is 16.1 Å². The molecule has 0 atom stereocenters. The monoisotopic (exact) mass is 468 g/mol. The Morgan fingerprint density at radius 1 is 0.968 bits per heavy atom. The standard InChI is InChI=1S/C24H18Cl2N2O2S/c25-18-11-9-16(10-12-18)13-22-24(30)28(20-7-3-4-8-21(20)31-22)15-23(29)27-14-17-5-1-2-6-19(17)26/h1-13H,14-15H2,(H,27,29)/b22-13+. The van der Waals surface area contributed by atoms with Crippen LogP contribution in [0, 0.1) is 0 Å². The number of hydrogen-bond acceptors (Lipinski definition) is 3. The average Bonchev–Trinajstić information content (AvgIpc) is 2.77. The van der Waals surface area contributed by atoms with E-state index in [1.807, 2.05) is 60.7 Å². The summed E-state index contributed by atoms with van der Waals surface area (Å²) in [4.78, 5) is 28.9. The van der Waals surface area contributed by atoms with Crippen LogP contribution >= 0.6 is 35.0 Å². The highest BCUT2D eigenvalue weighted by atomic mass is 35.5. The summed E-state index contributed by atoms with van der Waals surface area (Å²) in [6.45, 7) is 0.212. The van der Waals surface area contributed by atoms with E-state index in [4.69, 9.17) is 23.2 Å². The van der Waals surface area contributed by atoms with E-state index >= 15 is 0 Å². The van der Waals surface area contributed by atoms with Gasteiger partial charge >= 0.3 is 0 Å². The quantitative estimate of drug-likeness (QED) is 0.482. The molecule has 0 bridgehead atoms. The molecule has 1 heterocycles. The average molecular weight is 469 g/mol. The number of anilines is 1. The maximum Gasteiger partial charge on any atom is 0.265 e. The minimum atomic E-state index is -0.263. The lowest BCUT2D eigenvalue weighted by atomic mass is 10.2. The van der Waals surface area contributed by atoms with Crippen LogP contribution in [0.5, 0.6) is 0 Å². The number of para-hydroxylation sites is 1. The molecule has 4 rings (SSSR count). The van der Waals surface area contributed by atoms with Gasteiger partial charge < -0.3 is 5.32 Å². The highest BCUT2D eigenvalue weighted by Crippen LogP contribution is 2.41. The molecule has 156 valence electrons. The first-order valence-electron chi connectivity index (χ1n) is 9.57. The van der Waals surface area contributed by atoms with Gasteiger partial charge in [0, 0.05) is 21.5 Å². The normalized spacial score (nSPS) is 14.5. The number of rotatable bonds is 5. The molecule has 7 heteroatoms. The SMILES string of the molecule is O=C(CN1C(=O)/C(=C\c2ccc(Cl)cc2)Sc2ccccc21)NCc1ccccc1Cl. The van der Waals surface area contributed by atoms with Crippen LogP contribution in [0.3, 0.4) is 0 Å². The number of fused-ring (bicyclic) bond motifs is 1. The lowest BCUT2D eigenvalue weighted by Gasteiger charge is -2.29. The molecule has 2 amide bonds. The van der Waals surface area contributed by atoms with Crippen LogP contribution in [0.25, 0.3) is 6.08 Å². The summed E-state index contributed by atoms with van der Waals surface area (Å²) >= 11 is 13.5. The number of carbonyl (C=O) groups is 2. The molecule has 0 fully saturated rings. The predicted molar refractivity (Wildman–Crippen MR) is 127 cm³/mol. The van der Waals surface area contributed by atoms with Gasteiger partial charge in [-0.15, -0.1) is 0 Å². The maximum absolute atomic E-state index is 13.2. The van der Waals surface area contributed by atoms with Crippen molar-refractivity contribution < 1.29 is 9.59 Å². The predicted octanol–water partition coefficient (Wildman–Crippen LogP) is 5.79. The first-order valence-corrected chi connectivity index (χ1v) is 11.1. The van der Waals surface area contributed by atoms with Gasteiger partial charge in [-0.25, -0.2) is 0 Å². The van der Waals surface area contributed by atoms with Crippen LogP contribution < -0.4 is 10.2 Å². The first kappa shape index (κ1) is 21.5. The number of thioether (sulfide) groups is 1. The molecular weight excluding hydrogens is 451 g/mol. The lowest BCUT2D eigenvalue weighted by Crippen LogP contribution is -2.42. The number of hydrogen-bond donors (Lipinski definition) is 1. The zero-order valence-electron chi connectivity index (χ0n) is 16.3. The van der Waals surface area contributed by atoms with Crippen LogP contribution in [0.4, 0.5) is 5.69 Å². The third-order valence-electron chi connectivity index (χ3n) is 4.74. The van der Waals surface area contributed by atoms with Crippen molar-refractivity contribution in [3.05, 3.63) is 98.9 Å². The fourth-order valence-corrected chi connectivity index (χ4v) is 4.55. The summed E-state index contributed by atoms with van der Waals surface area (Å²) < 4.78 is 0. The van der Waals surface area contributed by atoms with Crippen LogP contribution in [0.2, 0.25) is 10.0 Å². The van der Waals surface area contributed by atoms with E-state index < -0.39 is 0 Å². The molecule has 4 nitrogen and oxygen atoms in total. The van der Waals surface area contributed by atoms with Gasteiger partial charge in [0.1, 0.15) is 6.54 Å². The minimum Gasteiger partial charge on any atom is -0.350 e. The van der Waals surface area contributed by atoms with Crippen molar-refractivity contribution in [3.63, 3.8) is 0 Å². The molecule has 0 saturated carbocycles. The molecule has 0 saturated heterocycles. The molecule has 0 radical (unpaired) electrons. The summed E-state index contributed by atoms with van der Waals surface area (Å²) in [5.74, 6) is -0.479. The Balaban J connectivity index is 1.55. The van der Waals surface area contributed by atoms with Crippen LogP contribution in [0.15, 0.2) is 82.6 Å². The van der Waals surface area contributed by atoms with Crippen molar-refractivity contribution in [2.45, 2.75) is 11.4 Å². The third kappa shape index (κ3) is 5.13. The summed E-state index contributed by atoms with van der Waals surface area (Å²) in [5.41, 5.74) is 2.41. The Morgan fingerprint density at radius 2 is 1.68 bits per heavy atom. The van der Waals surface area contributed by atoms with Gasteiger partial charge in [-0.2, -0.15) is 0 Å². The van der Waals surface area contributed by atoms with Crippen molar-refractivity contribution in [3.8, 4) is 0 Å². The van der Waals surface area contributed by atoms with Crippen LogP contribution in [-0.4, -0.2) is 18.4 Å². The number of amides is 2. The van der Waals surface area contributed by atoms with Crippen molar-refractivity contribution in [2.24, 2.45) is 0 Å². The van der Waals surface area contributed by atoms with E-state index in [0.29, 0.717) is 21.5 Å². The topological polar surface area (TPSA) is 49.4 Å². The van der Waals surface area contributed by atoms with E-state index in [9.17, 15) is 9.59 Å². The highest BCUT2D eigenvalue weighted by molar-refractivity contribution is 8.04. The molecule has 1 N–H and O–H groups in total. The summed E-state index contributed by atoms with van der Waals surface area (Å²) in [6, 6.07) is 22.1. The summed E-state index contributed by atoms with van der Waals surface area (Å²) in [5, 5.41) is 4.07. The zero-order valence-corrected chi connectivity index (χ0v) is 18.7. The smallest absolute Gasteiger partial charge is 0.265 e. The number of halogens is 2. The Bertz CT molecular complexity index is 1160. The third-order valence-corrected chi connectivity index (χ3v) is 6.43. The molecule has 0 aromatic heterocycles. The van der Waals surface area contributed by atoms with Gasteiger partial charge in [0.05, 0.1) is 10.6 Å². The van der Waals surface area contributed by atoms with Gasteiger partial charge in [0.25, 0.3) is 5.91 Å². The molecule has 3 aromatic carbocycles. The Hall–Kier alpha value is -2.73. The van der Waals surface area contributed by atoms with E-state index in [1.165, 1.54) is 16.7 Å². The molecule has 1 aliphatic heterocycles. The number of benzene rings is 3. The number of nitrogens with one attached hydrogen (secondary N) is 1. The van der Waals surface area contributed by atoms with Crippen molar-refractivity contribution in [2.75, 3.05) is 11.4 Å². The molecule has 0 aliphatic carbocycles. The lowest BCUT2D eigenvalue weighted by molar-refractivity contribution is -0.122. The van der Waals surface area contributed by atoms with Gasteiger partial charge in [0.2, 0.25) is 5.91 Å². The molecule has 3 aromatic rings. The Kier molecular flexibility index (Phi) is 6.66. The van der Waals surface area contributed by atoms with Crippen LogP contribution in [0.1, 0.15) is 11.1 Å². The zero-order chi connectivity index (χ0) is 21.8. The van der Waals surface area contributed by atoms with E-state index in [0.717, 1.165) is 21.7 Å². The largest absolute Gasteiger partial charge is 0.350 e. The fourth-order valence-electron chi connectivity index (χ4n) is 3.16. The highest BCUT2D eigenvalue weighted by Gasteiger charge is 2.30. The maximum atomic E-state index is 13.2. The molecule has 31 heavy (non-hydrogen) atoms. The van der Waals surface area contributed by atoms with E-state index in [1.54, 1.807) is 18.2 Å². The van der Waals surface area contributed by atoms with Crippen molar-refractivity contribution >= 4 is 58.5 Å². The fraction of sp³-hybridized carbons (Fsp3) is 0.0833. The molecule has 0 unspecified atom stereocenters. The Labute approximate surface area is 194 Å². The van der Waals surface area contributed by atoms with E-state index in [-0.39, 0.29) is 18.4 Å². The second-order valence-electron chi connectivity index (χ2n) is 6.89. The van der Waals surface area contributed by atoms with Gasteiger partial charge in [-0.3, -0.25) is 14.5 Å². The van der Waals surface area contributed by atoms with Gasteiger partial charge in [-0.1, -0.05) is 77.4 Å². The van der Waals surface area contributed by atoms with Gasteiger partial charge in [0.15, 0.2) is 0 Å². The summed E-state index contributed by atoms with van der Waals surface area (Å²) in [6.07, 6.45) is 1.81. The first-order chi connectivity index (χ1) is 15.0. The molecule has 0 spiro atoms. The van der Waals surface area contributed by atoms with Crippen molar-refractivity contribution in [1.29, 1.82) is 0 Å². The number of carbonyl (C=O) groups excluding carboxylic acids is 2. The second-order valence-corrected chi connectivity index (χ2v) is 8.82. The van der Waals surface area contributed by atoms with Crippen molar-refractivity contribution in [1.82, 2.24) is 5.32 Å². The summed E-state index contributed by atoms with van der Waals surface area (Å²) in [7, 11) is 0. The van der Waals surface area contributed by atoms with Gasteiger partial charge in [-0.05, 0) is 47.5 Å². The molecule has 1 aliphatic rings. The second kappa shape index (κ2) is 9.60. The molecular formula is C24H18Cl2N2O2S. The van der Waals surface area contributed by atoms with E-state index in [2.05, 4.69) is 5.32 Å².